The van der Waals surface area contributed by atoms with Crippen LogP contribution in [0.2, 0.25) is 0 Å². The molecule has 28 heavy (non-hydrogen) atoms. The predicted octanol–water partition coefficient (Wildman–Crippen LogP) is 1.67. The maximum atomic E-state index is 14.1. The zero-order valence-corrected chi connectivity index (χ0v) is 16.3. The highest BCUT2D eigenvalue weighted by molar-refractivity contribution is 5.77. The van der Waals surface area contributed by atoms with Crippen LogP contribution in [0.5, 0.6) is 0 Å². The summed E-state index contributed by atoms with van der Waals surface area (Å²) < 4.78 is 15.6. The van der Waals surface area contributed by atoms with Gasteiger partial charge in [0.15, 0.2) is 5.82 Å². The van der Waals surface area contributed by atoms with E-state index in [9.17, 15) is 14.0 Å². The molecular weight excluding hydrogens is 361 g/mol. The molecule has 3 heterocycles. The Kier molecular flexibility index (Phi) is 4.64. The Balaban J connectivity index is 1.57. The van der Waals surface area contributed by atoms with Gasteiger partial charge in [-0.3, -0.25) is 19.1 Å². The first-order chi connectivity index (χ1) is 13.4. The van der Waals surface area contributed by atoms with Gasteiger partial charge in [0.2, 0.25) is 11.9 Å². The number of amides is 1. The van der Waals surface area contributed by atoms with Gasteiger partial charge in [-0.25, -0.2) is 9.37 Å². The lowest BCUT2D eigenvalue weighted by Gasteiger charge is -2.26. The molecule has 2 fully saturated rings. The second-order valence-electron chi connectivity index (χ2n) is 7.67. The Morgan fingerprint density at radius 3 is 2.71 bits per heavy atom. The molecule has 7 nitrogen and oxygen atoms in total. The molecule has 4 rings (SSSR count). The molecular formula is C20H24FN5O2. The highest BCUT2D eigenvalue weighted by Gasteiger charge is 2.59. The Hall–Kier alpha value is -2.77. The van der Waals surface area contributed by atoms with Gasteiger partial charge in [0.1, 0.15) is 0 Å². The van der Waals surface area contributed by atoms with E-state index in [2.05, 4.69) is 9.97 Å². The number of aromatic nitrogens is 3. The topological polar surface area (TPSA) is 71.3 Å². The Bertz CT molecular complexity index is 963. The van der Waals surface area contributed by atoms with E-state index in [0.717, 1.165) is 25.7 Å². The molecule has 1 aliphatic carbocycles. The molecule has 1 saturated carbocycles. The number of carbonyl (C=O) groups excluding carboxylic acids is 1. The van der Waals surface area contributed by atoms with Crippen LogP contribution in [-0.4, -0.2) is 51.5 Å². The third kappa shape index (κ3) is 3.06. The maximum absolute atomic E-state index is 14.1. The summed E-state index contributed by atoms with van der Waals surface area (Å²) in [6.07, 6.45) is 4.05. The highest BCUT2D eigenvalue weighted by atomic mass is 19.1. The minimum atomic E-state index is -0.509. The Labute approximate surface area is 162 Å². The van der Waals surface area contributed by atoms with Crippen LogP contribution in [0.3, 0.4) is 0 Å². The number of fused-ring (bicyclic) bond motifs is 1. The van der Waals surface area contributed by atoms with Crippen LogP contribution in [0.15, 0.2) is 29.3 Å². The van der Waals surface area contributed by atoms with Gasteiger partial charge in [-0.05, 0) is 12.5 Å². The monoisotopic (exact) mass is 385 g/mol. The number of carbonyl (C=O) groups is 1. The van der Waals surface area contributed by atoms with Crippen LogP contribution >= 0.6 is 0 Å². The van der Waals surface area contributed by atoms with Crippen molar-refractivity contribution in [2.24, 2.45) is 18.9 Å². The molecule has 3 atom stereocenters. The van der Waals surface area contributed by atoms with Gasteiger partial charge in [-0.15, -0.1) is 0 Å². The van der Waals surface area contributed by atoms with Crippen LogP contribution in [0.4, 0.5) is 10.3 Å². The second-order valence-corrected chi connectivity index (χ2v) is 7.67. The zero-order valence-electron chi connectivity index (χ0n) is 16.3. The molecule has 8 heteroatoms. The number of nitrogens with zero attached hydrogens (tertiary/aromatic N) is 5. The highest BCUT2D eigenvalue weighted by Crippen LogP contribution is 2.49. The molecule has 0 aromatic carbocycles. The Morgan fingerprint density at radius 2 is 2.07 bits per heavy atom. The van der Waals surface area contributed by atoms with E-state index < -0.39 is 5.82 Å². The molecule has 0 N–H and O–H groups in total. The molecule has 0 spiro atoms. The fraction of sp³-hybridized carbons (Fsp3) is 0.500. The number of rotatable bonds is 5. The van der Waals surface area contributed by atoms with Gasteiger partial charge < -0.3 is 9.80 Å². The standard InChI is InChI=1S/C20H24FN5O2/c1-4-5-17(27)26-10-13-14(11-26)19(13)25(3)20-23-16(8-18(28)24(20)2)12-6-7-22-9-15(12)21/h6-9,13-14,19H,4-5,10-11H2,1-3H3/t13-,14+,19+. The average molecular weight is 385 g/mol. The summed E-state index contributed by atoms with van der Waals surface area (Å²) in [6.45, 7) is 3.52. The van der Waals surface area contributed by atoms with E-state index in [0.29, 0.717) is 29.9 Å². The van der Waals surface area contributed by atoms with Gasteiger partial charge in [-0.1, -0.05) is 6.92 Å². The molecule has 0 unspecified atom stereocenters. The van der Waals surface area contributed by atoms with E-state index in [1.54, 1.807) is 7.05 Å². The van der Waals surface area contributed by atoms with Crippen LogP contribution in [0.25, 0.3) is 11.3 Å². The average Bonchev–Trinajstić information content (AvgIpc) is 3.17. The van der Waals surface area contributed by atoms with Gasteiger partial charge in [0, 0.05) is 69.3 Å². The largest absolute Gasteiger partial charge is 0.342 e. The van der Waals surface area contributed by atoms with Crippen molar-refractivity contribution >= 4 is 11.9 Å². The summed E-state index contributed by atoms with van der Waals surface area (Å²) in [4.78, 5) is 36.8. The summed E-state index contributed by atoms with van der Waals surface area (Å²) in [5.41, 5.74) is 0.318. The number of pyridine rings is 1. The van der Waals surface area contributed by atoms with Gasteiger partial charge in [-0.2, -0.15) is 0 Å². The lowest BCUT2D eigenvalue weighted by molar-refractivity contribution is -0.130. The van der Waals surface area contributed by atoms with Crippen molar-refractivity contribution in [3.05, 3.63) is 40.7 Å². The van der Waals surface area contributed by atoms with E-state index in [1.807, 2.05) is 23.8 Å². The molecule has 1 amide bonds. The van der Waals surface area contributed by atoms with Crippen molar-refractivity contribution in [1.82, 2.24) is 19.4 Å². The SMILES string of the molecule is CCCC(=O)N1C[C@@H]2[C@H](C1)[C@H]2N(C)c1nc(-c2ccncc2F)cc(=O)n1C. The van der Waals surface area contributed by atoms with Crippen molar-refractivity contribution in [3.63, 3.8) is 0 Å². The van der Waals surface area contributed by atoms with Crippen LogP contribution in [0, 0.1) is 17.7 Å². The van der Waals surface area contributed by atoms with E-state index >= 15 is 0 Å². The second kappa shape index (κ2) is 7.00. The Morgan fingerprint density at radius 1 is 1.36 bits per heavy atom. The lowest BCUT2D eigenvalue weighted by atomic mass is 10.2. The molecule has 1 saturated heterocycles. The van der Waals surface area contributed by atoms with Crippen molar-refractivity contribution in [1.29, 1.82) is 0 Å². The molecule has 0 radical (unpaired) electrons. The summed E-state index contributed by atoms with van der Waals surface area (Å²) in [5.74, 6) is 1.000. The van der Waals surface area contributed by atoms with Crippen molar-refractivity contribution < 1.29 is 9.18 Å². The molecule has 148 valence electrons. The quantitative estimate of drug-likeness (QED) is 0.783. The number of likely N-dealkylation sites (tertiary alicyclic amines) is 1. The van der Waals surface area contributed by atoms with E-state index in [1.165, 1.54) is 22.9 Å². The summed E-state index contributed by atoms with van der Waals surface area (Å²) in [7, 11) is 3.58. The van der Waals surface area contributed by atoms with E-state index in [4.69, 9.17) is 0 Å². The minimum absolute atomic E-state index is 0.219. The zero-order chi connectivity index (χ0) is 20.0. The van der Waals surface area contributed by atoms with Crippen molar-refractivity contribution in [3.8, 4) is 11.3 Å². The molecule has 1 aliphatic heterocycles. The van der Waals surface area contributed by atoms with Crippen LogP contribution < -0.4 is 10.5 Å². The van der Waals surface area contributed by atoms with Gasteiger partial charge >= 0.3 is 0 Å². The summed E-state index contributed by atoms with van der Waals surface area (Å²) in [6, 6.07) is 3.10. The molecule has 2 aromatic heterocycles. The number of anilines is 1. The maximum Gasteiger partial charge on any atom is 0.255 e. The predicted molar refractivity (Wildman–Crippen MR) is 103 cm³/mol. The van der Waals surface area contributed by atoms with Gasteiger partial charge in [0.05, 0.1) is 11.9 Å². The number of halogens is 1. The first kappa shape index (κ1) is 18.6. The van der Waals surface area contributed by atoms with Crippen LogP contribution in [0.1, 0.15) is 19.8 Å². The first-order valence-corrected chi connectivity index (χ1v) is 9.61. The van der Waals surface area contributed by atoms with E-state index in [-0.39, 0.29) is 23.1 Å². The van der Waals surface area contributed by atoms with Crippen LogP contribution in [-0.2, 0) is 11.8 Å². The number of piperidine rings is 1. The first-order valence-electron chi connectivity index (χ1n) is 9.61. The number of hydrogen-bond acceptors (Lipinski definition) is 5. The van der Waals surface area contributed by atoms with Crippen molar-refractivity contribution in [2.75, 3.05) is 25.0 Å². The summed E-state index contributed by atoms with van der Waals surface area (Å²) in [5, 5.41) is 0. The lowest BCUT2D eigenvalue weighted by Crippen LogP contribution is -2.38. The third-order valence-electron chi connectivity index (χ3n) is 5.89. The smallest absolute Gasteiger partial charge is 0.255 e. The number of hydrogen-bond donors (Lipinski definition) is 0. The molecule has 0 bridgehead atoms. The minimum Gasteiger partial charge on any atom is -0.342 e. The van der Waals surface area contributed by atoms with Crippen molar-refractivity contribution in [2.45, 2.75) is 25.8 Å². The molecule has 2 aromatic rings. The normalized spacial score (nSPS) is 22.9. The molecule has 2 aliphatic rings. The fourth-order valence-electron chi connectivity index (χ4n) is 4.34. The summed E-state index contributed by atoms with van der Waals surface area (Å²) >= 11 is 0. The third-order valence-corrected chi connectivity index (χ3v) is 5.89. The van der Waals surface area contributed by atoms with Gasteiger partial charge in [0.25, 0.3) is 5.56 Å². The fourth-order valence-corrected chi connectivity index (χ4v) is 4.34.